The van der Waals surface area contributed by atoms with E-state index in [1.807, 2.05) is 0 Å². The van der Waals surface area contributed by atoms with E-state index in [4.69, 9.17) is 0 Å². The van der Waals surface area contributed by atoms with Crippen LogP contribution in [-0.2, 0) is 0 Å². The molecule has 3 fully saturated rings. The van der Waals surface area contributed by atoms with Crippen molar-refractivity contribution in [1.29, 1.82) is 0 Å². The molecule has 2 nitrogen and oxygen atoms in total. The van der Waals surface area contributed by atoms with Gasteiger partial charge in [-0.2, -0.15) is 11.8 Å². The molecule has 3 rings (SSSR count). The molecular weight excluding hydrogens is 264 g/mol. The minimum atomic E-state index is 0. The standard InChI is InChI=1S/C14H26N2S.ClH/c1-2-12(1)9-15-14-3-6-16(7-4-14)10-13-5-8-17-11-13;/h12-15H,1-11H2;1H. The Hall–Kier alpha value is 0.560. The van der Waals surface area contributed by atoms with Crippen molar-refractivity contribution in [2.24, 2.45) is 11.8 Å². The summed E-state index contributed by atoms with van der Waals surface area (Å²) in [5.41, 5.74) is 0. The first-order valence-electron chi connectivity index (χ1n) is 7.43. The van der Waals surface area contributed by atoms with Gasteiger partial charge in [0.1, 0.15) is 0 Å². The zero-order valence-electron chi connectivity index (χ0n) is 11.3. The predicted octanol–water partition coefficient (Wildman–Crippen LogP) is 2.63. The number of likely N-dealkylation sites (tertiary alicyclic amines) is 1. The van der Waals surface area contributed by atoms with Crippen molar-refractivity contribution in [3.05, 3.63) is 0 Å². The number of rotatable bonds is 5. The van der Waals surface area contributed by atoms with Crippen molar-refractivity contribution >= 4 is 24.2 Å². The molecule has 0 radical (unpaired) electrons. The van der Waals surface area contributed by atoms with Crippen molar-refractivity contribution in [2.45, 2.75) is 38.1 Å². The second kappa shape index (κ2) is 7.37. The van der Waals surface area contributed by atoms with Gasteiger partial charge in [0.05, 0.1) is 0 Å². The van der Waals surface area contributed by atoms with Gasteiger partial charge in [0.15, 0.2) is 0 Å². The number of nitrogens with one attached hydrogen (secondary N) is 1. The van der Waals surface area contributed by atoms with Crippen LogP contribution < -0.4 is 5.32 Å². The summed E-state index contributed by atoms with van der Waals surface area (Å²) in [5.74, 6) is 4.85. The lowest BCUT2D eigenvalue weighted by molar-refractivity contribution is 0.177. The summed E-state index contributed by atoms with van der Waals surface area (Å²) < 4.78 is 0. The van der Waals surface area contributed by atoms with Crippen molar-refractivity contribution in [3.8, 4) is 0 Å². The minimum absolute atomic E-state index is 0. The van der Waals surface area contributed by atoms with Crippen LogP contribution >= 0.6 is 24.2 Å². The van der Waals surface area contributed by atoms with E-state index < -0.39 is 0 Å². The Morgan fingerprint density at radius 2 is 1.78 bits per heavy atom. The van der Waals surface area contributed by atoms with Crippen LogP contribution in [0, 0.1) is 11.8 Å². The first-order chi connectivity index (χ1) is 8.40. The van der Waals surface area contributed by atoms with Crippen molar-refractivity contribution in [3.63, 3.8) is 0 Å². The van der Waals surface area contributed by atoms with Gasteiger partial charge in [-0.3, -0.25) is 0 Å². The van der Waals surface area contributed by atoms with Crippen LogP contribution in [0.3, 0.4) is 0 Å². The molecule has 2 heterocycles. The third kappa shape index (κ3) is 4.59. The predicted molar refractivity (Wildman–Crippen MR) is 82.9 cm³/mol. The topological polar surface area (TPSA) is 15.3 Å². The second-order valence-electron chi connectivity index (χ2n) is 6.16. The molecule has 1 atom stereocenters. The molecule has 2 aliphatic heterocycles. The Morgan fingerprint density at radius 1 is 1.00 bits per heavy atom. The lowest BCUT2D eigenvalue weighted by atomic mass is 10.0. The van der Waals surface area contributed by atoms with Crippen molar-refractivity contribution < 1.29 is 0 Å². The molecule has 2 saturated heterocycles. The maximum atomic E-state index is 3.77. The Kier molecular flexibility index (Phi) is 6.13. The van der Waals surface area contributed by atoms with Gasteiger partial charge in [0.25, 0.3) is 0 Å². The SMILES string of the molecule is C1CC(CN2CCC(NCC3CC3)CC2)CS1.Cl. The zero-order valence-corrected chi connectivity index (χ0v) is 12.9. The molecule has 0 aromatic rings. The van der Waals surface area contributed by atoms with E-state index >= 15 is 0 Å². The largest absolute Gasteiger partial charge is 0.314 e. The first kappa shape index (κ1) is 15.0. The van der Waals surface area contributed by atoms with Gasteiger partial charge in [-0.15, -0.1) is 12.4 Å². The van der Waals surface area contributed by atoms with Crippen molar-refractivity contribution in [1.82, 2.24) is 10.2 Å². The van der Waals surface area contributed by atoms with Crippen LogP contribution in [0.15, 0.2) is 0 Å². The maximum absolute atomic E-state index is 3.77. The Balaban J connectivity index is 0.00000120. The summed E-state index contributed by atoms with van der Waals surface area (Å²) in [6.45, 7) is 5.35. The number of nitrogens with zero attached hydrogens (tertiary/aromatic N) is 1. The van der Waals surface area contributed by atoms with Gasteiger partial charge in [-0.05, 0) is 75.1 Å². The fraction of sp³-hybridized carbons (Fsp3) is 1.00. The molecule has 3 aliphatic rings. The molecular formula is C14H27ClN2S. The summed E-state index contributed by atoms with van der Waals surface area (Å²) >= 11 is 2.15. The van der Waals surface area contributed by atoms with Crippen LogP contribution in [0.5, 0.6) is 0 Å². The van der Waals surface area contributed by atoms with Crippen LogP contribution in [0.2, 0.25) is 0 Å². The fourth-order valence-corrected chi connectivity index (χ4v) is 4.34. The summed E-state index contributed by atoms with van der Waals surface area (Å²) in [6, 6.07) is 0.824. The van der Waals surface area contributed by atoms with Gasteiger partial charge < -0.3 is 10.2 Å². The van der Waals surface area contributed by atoms with E-state index in [0.29, 0.717) is 0 Å². The monoisotopic (exact) mass is 290 g/mol. The van der Waals surface area contributed by atoms with Gasteiger partial charge in [0.2, 0.25) is 0 Å². The van der Waals surface area contributed by atoms with Gasteiger partial charge in [-0.1, -0.05) is 0 Å². The fourth-order valence-electron chi connectivity index (χ4n) is 3.07. The molecule has 0 spiro atoms. The molecule has 1 unspecified atom stereocenters. The number of piperidine rings is 1. The molecule has 0 amide bonds. The third-order valence-electron chi connectivity index (χ3n) is 4.52. The van der Waals surface area contributed by atoms with Crippen LogP contribution in [0.1, 0.15) is 32.1 Å². The highest BCUT2D eigenvalue weighted by atomic mass is 35.5. The van der Waals surface area contributed by atoms with E-state index in [1.54, 1.807) is 0 Å². The maximum Gasteiger partial charge on any atom is 0.00915 e. The number of thioether (sulfide) groups is 1. The highest BCUT2D eigenvalue weighted by Gasteiger charge is 2.25. The summed E-state index contributed by atoms with van der Waals surface area (Å²) in [7, 11) is 0. The molecule has 0 aromatic carbocycles. The first-order valence-corrected chi connectivity index (χ1v) is 8.59. The van der Waals surface area contributed by atoms with E-state index in [-0.39, 0.29) is 12.4 Å². The Labute approximate surface area is 122 Å². The van der Waals surface area contributed by atoms with E-state index in [1.165, 1.54) is 69.8 Å². The minimum Gasteiger partial charge on any atom is -0.314 e. The molecule has 1 N–H and O–H groups in total. The quantitative estimate of drug-likeness (QED) is 0.838. The number of halogens is 1. The molecule has 18 heavy (non-hydrogen) atoms. The Morgan fingerprint density at radius 3 is 2.39 bits per heavy atom. The van der Waals surface area contributed by atoms with E-state index in [9.17, 15) is 0 Å². The van der Waals surface area contributed by atoms with Crippen molar-refractivity contribution in [2.75, 3.05) is 37.7 Å². The molecule has 0 aromatic heterocycles. The van der Waals surface area contributed by atoms with Crippen LogP contribution in [-0.4, -0.2) is 48.6 Å². The number of hydrogen-bond donors (Lipinski definition) is 1. The highest BCUT2D eigenvalue weighted by molar-refractivity contribution is 7.99. The van der Waals surface area contributed by atoms with E-state index in [2.05, 4.69) is 22.0 Å². The van der Waals surface area contributed by atoms with Crippen LogP contribution in [0.4, 0.5) is 0 Å². The summed E-state index contributed by atoms with van der Waals surface area (Å²) in [6.07, 6.45) is 7.18. The molecule has 106 valence electrons. The average molecular weight is 291 g/mol. The molecule has 1 aliphatic carbocycles. The van der Waals surface area contributed by atoms with Crippen LogP contribution in [0.25, 0.3) is 0 Å². The normalized spacial score (nSPS) is 30.3. The van der Waals surface area contributed by atoms with Gasteiger partial charge >= 0.3 is 0 Å². The number of hydrogen-bond acceptors (Lipinski definition) is 3. The zero-order chi connectivity index (χ0) is 11.5. The molecule has 1 saturated carbocycles. The van der Waals surface area contributed by atoms with Gasteiger partial charge in [0, 0.05) is 12.6 Å². The lowest BCUT2D eigenvalue weighted by Gasteiger charge is -2.33. The summed E-state index contributed by atoms with van der Waals surface area (Å²) in [4.78, 5) is 2.71. The molecule has 0 bridgehead atoms. The van der Waals surface area contributed by atoms with E-state index in [0.717, 1.165) is 17.9 Å². The Bertz CT molecular complexity index is 234. The summed E-state index contributed by atoms with van der Waals surface area (Å²) in [5, 5.41) is 3.77. The smallest absolute Gasteiger partial charge is 0.00915 e. The highest BCUT2D eigenvalue weighted by Crippen LogP contribution is 2.28. The average Bonchev–Trinajstić information content (AvgIpc) is 3.05. The molecule has 4 heteroatoms. The second-order valence-corrected chi connectivity index (χ2v) is 7.31. The third-order valence-corrected chi connectivity index (χ3v) is 5.75. The van der Waals surface area contributed by atoms with Gasteiger partial charge in [-0.25, -0.2) is 0 Å². The lowest BCUT2D eigenvalue weighted by Crippen LogP contribution is -2.44.